The number of aliphatic hydroxyl groups is 3. The summed E-state index contributed by atoms with van der Waals surface area (Å²) in [5, 5.41) is 29.7. The second-order valence-corrected chi connectivity index (χ2v) is 9.53. The Kier molecular flexibility index (Phi) is 18.1. The minimum atomic E-state index is -0.392. The van der Waals surface area contributed by atoms with E-state index in [0.717, 1.165) is 57.8 Å². The van der Waals surface area contributed by atoms with Gasteiger partial charge in [-0.3, -0.25) is 0 Å². The van der Waals surface area contributed by atoms with Gasteiger partial charge in [-0.05, 0) is 32.1 Å². The zero-order valence-electron chi connectivity index (χ0n) is 19.9. The van der Waals surface area contributed by atoms with Gasteiger partial charge >= 0.3 is 0 Å². The first-order chi connectivity index (χ1) is 14.7. The first-order valence-electron chi connectivity index (χ1n) is 13.3. The SMILES string of the molecule is CCCCCCCCCCCCC(O)C1CCC(C(O)CCCCCCCCO)O1. The number of hydrogen-bond donors (Lipinski definition) is 3. The van der Waals surface area contributed by atoms with E-state index in [0.29, 0.717) is 6.61 Å². The molecule has 0 aromatic rings. The highest BCUT2D eigenvalue weighted by molar-refractivity contribution is 4.83. The fourth-order valence-corrected chi connectivity index (χ4v) is 4.64. The molecule has 0 aromatic carbocycles. The van der Waals surface area contributed by atoms with Crippen molar-refractivity contribution in [2.24, 2.45) is 0 Å². The van der Waals surface area contributed by atoms with Crippen LogP contribution in [0.15, 0.2) is 0 Å². The molecule has 0 bridgehead atoms. The molecule has 1 aliphatic rings. The van der Waals surface area contributed by atoms with Crippen LogP contribution < -0.4 is 0 Å². The largest absolute Gasteiger partial charge is 0.396 e. The van der Waals surface area contributed by atoms with Gasteiger partial charge in [0, 0.05) is 6.61 Å². The molecule has 1 saturated heterocycles. The van der Waals surface area contributed by atoms with Crippen LogP contribution in [0.4, 0.5) is 0 Å². The Morgan fingerprint density at radius 1 is 0.600 bits per heavy atom. The molecule has 1 fully saturated rings. The molecule has 1 rings (SSSR count). The molecule has 1 heterocycles. The van der Waals surface area contributed by atoms with E-state index in [2.05, 4.69) is 6.92 Å². The van der Waals surface area contributed by atoms with E-state index in [-0.39, 0.29) is 18.3 Å². The van der Waals surface area contributed by atoms with Gasteiger partial charge in [0.1, 0.15) is 0 Å². The number of aliphatic hydroxyl groups excluding tert-OH is 3. The van der Waals surface area contributed by atoms with Crippen molar-refractivity contribution in [2.75, 3.05) is 6.61 Å². The summed E-state index contributed by atoms with van der Waals surface area (Å²) in [7, 11) is 0. The van der Waals surface area contributed by atoms with Crippen molar-refractivity contribution in [3.05, 3.63) is 0 Å². The zero-order chi connectivity index (χ0) is 21.9. The molecule has 4 atom stereocenters. The highest BCUT2D eigenvalue weighted by Gasteiger charge is 2.33. The van der Waals surface area contributed by atoms with Crippen molar-refractivity contribution in [1.29, 1.82) is 0 Å². The van der Waals surface area contributed by atoms with Crippen LogP contribution in [0.25, 0.3) is 0 Å². The van der Waals surface area contributed by atoms with Crippen LogP contribution in [-0.2, 0) is 4.74 Å². The van der Waals surface area contributed by atoms with Gasteiger partial charge in [-0.25, -0.2) is 0 Å². The Bertz CT molecular complexity index is 363. The topological polar surface area (TPSA) is 69.9 Å². The first kappa shape index (κ1) is 27.9. The summed E-state index contributed by atoms with van der Waals surface area (Å²) < 4.78 is 6.01. The molecule has 4 nitrogen and oxygen atoms in total. The average Bonchev–Trinajstić information content (AvgIpc) is 3.25. The third-order valence-corrected chi connectivity index (χ3v) is 6.71. The van der Waals surface area contributed by atoms with Crippen molar-refractivity contribution in [3.8, 4) is 0 Å². The molecule has 0 amide bonds. The second-order valence-electron chi connectivity index (χ2n) is 9.53. The van der Waals surface area contributed by atoms with Gasteiger partial charge in [-0.2, -0.15) is 0 Å². The lowest BCUT2D eigenvalue weighted by molar-refractivity contribution is -0.0786. The molecule has 4 unspecified atom stereocenters. The fraction of sp³-hybridized carbons (Fsp3) is 1.00. The number of unbranched alkanes of at least 4 members (excludes halogenated alkanes) is 14. The van der Waals surface area contributed by atoms with E-state index < -0.39 is 6.10 Å². The summed E-state index contributed by atoms with van der Waals surface area (Å²) in [5.74, 6) is 0. The lowest BCUT2D eigenvalue weighted by atomic mass is 10.00. The van der Waals surface area contributed by atoms with Crippen molar-refractivity contribution >= 4 is 0 Å². The van der Waals surface area contributed by atoms with Crippen LogP contribution in [0.2, 0.25) is 0 Å². The zero-order valence-corrected chi connectivity index (χ0v) is 19.9. The van der Waals surface area contributed by atoms with Crippen LogP contribution in [0, 0.1) is 0 Å². The van der Waals surface area contributed by atoms with Crippen LogP contribution >= 0.6 is 0 Å². The number of hydrogen-bond acceptors (Lipinski definition) is 4. The molecule has 3 N–H and O–H groups in total. The van der Waals surface area contributed by atoms with Crippen LogP contribution in [0.1, 0.15) is 135 Å². The van der Waals surface area contributed by atoms with Gasteiger partial charge in [-0.15, -0.1) is 0 Å². The molecule has 180 valence electrons. The third kappa shape index (κ3) is 14.0. The van der Waals surface area contributed by atoms with Crippen LogP contribution in [-0.4, -0.2) is 46.3 Å². The summed E-state index contributed by atoms with van der Waals surface area (Å²) in [6.45, 7) is 2.56. The average molecular weight is 429 g/mol. The molecule has 1 aliphatic heterocycles. The molecule has 0 radical (unpaired) electrons. The van der Waals surface area contributed by atoms with E-state index in [4.69, 9.17) is 9.84 Å². The first-order valence-corrected chi connectivity index (χ1v) is 13.3. The summed E-state index contributed by atoms with van der Waals surface area (Å²) in [6, 6.07) is 0. The maximum atomic E-state index is 10.5. The summed E-state index contributed by atoms with van der Waals surface area (Å²) >= 11 is 0. The summed E-state index contributed by atoms with van der Waals surface area (Å²) in [5.41, 5.74) is 0. The molecule has 0 aliphatic carbocycles. The molecule has 30 heavy (non-hydrogen) atoms. The number of rotatable bonds is 21. The van der Waals surface area contributed by atoms with E-state index in [1.54, 1.807) is 0 Å². The van der Waals surface area contributed by atoms with Crippen molar-refractivity contribution in [3.63, 3.8) is 0 Å². The van der Waals surface area contributed by atoms with Gasteiger partial charge in [0.25, 0.3) is 0 Å². The maximum absolute atomic E-state index is 10.5. The highest BCUT2D eigenvalue weighted by Crippen LogP contribution is 2.28. The van der Waals surface area contributed by atoms with Crippen LogP contribution in [0.5, 0.6) is 0 Å². The Morgan fingerprint density at radius 3 is 1.37 bits per heavy atom. The summed E-state index contributed by atoms with van der Waals surface area (Å²) in [4.78, 5) is 0. The second kappa shape index (κ2) is 19.5. The summed E-state index contributed by atoms with van der Waals surface area (Å²) in [6.07, 6.45) is 22.1. The third-order valence-electron chi connectivity index (χ3n) is 6.71. The van der Waals surface area contributed by atoms with Gasteiger partial charge in [0.15, 0.2) is 0 Å². The predicted molar refractivity (Wildman–Crippen MR) is 126 cm³/mol. The molecular weight excluding hydrogens is 376 g/mol. The van der Waals surface area contributed by atoms with E-state index >= 15 is 0 Å². The lowest BCUT2D eigenvalue weighted by Gasteiger charge is -2.22. The molecule has 0 saturated carbocycles. The Hall–Kier alpha value is -0.160. The smallest absolute Gasteiger partial charge is 0.0840 e. The van der Waals surface area contributed by atoms with E-state index in [9.17, 15) is 10.2 Å². The Labute approximate surface area is 186 Å². The van der Waals surface area contributed by atoms with Crippen LogP contribution in [0.3, 0.4) is 0 Å². The monoisotopic (exact) mass is 428 g/mol. The highest BCUT2D eigenvalue weighted by atomic mass is 16.5. The Balaban J connectivity index is 1.97. The Morgan fingerprint density at radius 2 is 0.967 bits per heavy atom. The fourth-order valence-electron chi connectivity index (χ4n) is 4.64. The van der Waals surface area contributed by atoms with Gasteiger partial charge in [0.05, 0.1) is 24.4 Å². The van der Waals surface area contributed by atoms with E-state index in [1.807, 2.05) is 0 Å². The molecule has 4 heteroatoms. The van der Waals surface area contributed by atoms with Crippen molar-refractivity contribution in [2.45, 2.75) is 160 Å². The van der Waals surface area contributed by atoms with Gasteiger partial charge < -0.3 is 20.1 Å². The van der Waals surface area contributed by atoms with Crippen molar-refractivity contribution in [1.82, 2.24) is 0 Å². The number of ether oxygens (including phenoxy) is 1. The van der Waals surface area contributed by atoms with Gasteiger partial charge in [0.2, 0.25) is 0 Å². The molecular formula is C26H52O4. The van der Waals surface area contributed by atoms with Crippen molar-refractivity contribution < 1.29 is 20.1 Å². The molecule has 0 spiro atoms. The van der Waals surface area contributed by atoms with Gasteiger partial charge in [-0.1, -0.05) is 103 Å². The minimum absolute atomic E-state index is 0.0818. The van der Waals surface area contributed by atoms with E-state index in [1.165, 1.54) is 70.6 Å². The minimum Gasteiger partial charge on any atom is -0.396 e. The standard InChI is InChI=1S/C26H52O4/c1-2-3-4-5-6-7-8-9-12-15-18-23(28)25-20-21-26(30-25)24(29)19-16-13-10-11-14-17-22-27/h23-29H,2-22H2,1H3. The normalized spacial score (nSPS) is 21.2. The quantitative estimate of drug-likeness (QED) is 0.188. The predicted octanol–water partition coefficient (Wildman–Crippen LogP) is 6.29. The molecule has 0 aromatic heterocycles. The maximum Gasteiger partial charge on any atom is 0.0840 e. The lowest BCUT2D eigenvalue weighted by Crippen LogP contribution is -2.31.